The summed E-state index contributed by atoms with van der Waals surface area (Å²) >= 11 is 0. The fraction of sp³-hybridized carbons (Fsp3) is 0.739. The van der Waals surface area contributed by atoms with Crippen molar-refractivity contribution in [1.29, 1.82) is 0 Å². The first kappa shape index (κ1) is 22.2. The minimum atomic E-state index is -0.0489. The zero-order valence-electron chi connectivity index (χ0n) is 18.4. The van der Waals surface area contributed by atoms with E-state index in [1.807, 2.05) is 0 Å². The summed E-state index contributed by atoms with van der Waals surface area (Å²) in [6.07, 6.45) is 0.968. The van der Waals surface area contributed by atoms with E-state index in [1.165, 1.54) is 11.3 Å². The summed E-state index contributed by atoms with van der Waals surface area (Å²) in [6.45, 7) is 20.9. The highest BCUT2D eigenvalue weighted by atomic mass is 16.5. The normalized spacial score (nSPS) is 16.7. The van der Waals surface area contributed by atoms with Gasteiger partial charge in [-0.1, -0.05) is 32.9 Å². The van der Waals surface area contributed by atoms with Gasteiger partial charge >= 0.3 is 0 Å². The molecule has 0 saturated carbocycles. The van der Waals surface area contributed by atoms with Crippen LogP contribution in [-0.4, -0.2) is 63.0 Å². The molecule has 0 amide bonds. The van der Waals surface area contributed by atoms with E-state index in [0.717, 1.165) is 59.0 Å². The number of piperazine rings is 1. The minimum Gasteiger partial charge on any atom is -0.380 e. The van der Waals surface area contributed by atoms with Crippen LogP contribution >= 0.6 is 0 Å². The smallest absolute Gasteiger partial charge is 0.0598 e. The van der Waals surface area contributed by atoms with Gasteiger partial charge in [-0.2, -0.15) is 0 Å². The number of anilines is 1. The van der Waals surface area contributed by atoms with Crippen molar-refractivity contribution in [2.75, 3.05) is 57.4 Å². The molecule has 0 aromatic heterocycles. The Balaban J connectivity index is 1.60. The second-order valence-electron chi connectivity index (χ2n) is 9.55. The van der Waals surface area contributed by atoms with Gasteiger partial charge < -0.3 is 14.4 Å². The highest BCUT2D eigenvalue weighted by Gasteiger charge is 2.18. The topological polar surface area (TPSA) is 24.9 Å². The van der Waals surface area contributed by atoms with E-state index in [-0.39, 0.29) is 11.0 Å². The van der Waals surface area contributed by atoms with Crippen molar-refractivity contribution in [3.8, 4) is 0 Å². The molecule has 0 N–H and O–H groups in total. The molecule has 1 aliphatic heterocycles. The monoisotopic (exact) mass is 376 g/mol. The molecule has 1 saturated heterocycles. The molecule has 1 aromatic carbocycles. The van der Waals surface area contributed by atoms with Crippen LogP contribution in [0.25, 0.3) is 0 Å². The van der Waals surface area contributed by atoms with Gasteiger partial charge in [0.05, 0.1) is 12.2 Å². The lowest BCUT2D eigenvalue weighted by Crippen LogP contribution is -2.47. The Kier molecular flexibility index (Phi) is 8.14. The lowest BCUT2D eigenvalue weighted by atomic mass is 9.87. The van der Waals surface area contributed by atoms with Crippen molar-refractivity contribution in [2.45, 2.75) is 59.0 Å². The molecule has 154 valence electrons. The minimum absolute atomic E-state index is 0.0489. The molecule has 1 fully saturated rings. The van der Waals surface area contributed by atoms with Gasteiger partial charge in [-0.25, -0.2) is 0 Å². The first-order valence-electron chi connectivity index (χ1n) is 10.4. The van der Waals surface area contributed by atoms with Gasteiger partial charge in [-0.15, -0.1) is 0 Å². The second kappa shape index (κ2) is 9.90. The fourth-order valence-electron chi connectivity index (χ4n) is 3.24. The molecule has 0 unspecified atom stereocenters. The van der Waals surface area contributed by atoms with Crippen LogP contribution in [0.3, 0.4) is 0 Å². The molecular formula is C23H40N2O2. The van der Waals surface area contributed by atoms with Crippen molar-refractivity contribution >= 4 is 5.69 Å². The average molecular weight is 377 g/mol. The summed E-state index contributed by atoms with van der Waals surface area (Å²) in [4.78, 5) is 5.00. The number of nitrogens with zero attached hydrogens (tertiary/aromatic N) is 2. The lowest BCUT2D eigenvalue weighted by Gasteiger charge is -2.36. The fourth-order valence-corrected chi connectivity index (χ4v) is 3.24. The van der Waals surface area contributed by atoms with Crippen molar-refractivity contribution < 1.29 is 9.47 Å². The molecule has 0 atom stereocenters. The largest absolute Gasteiger partial charge is 0.380 e. The summed E-state index contributed by atoms with van der Waals surface area (Å²) in [5.74, 6) is 0. The summed E-state index contributed by atoms with van der Waals surface area (Å²) in [6, 6.07) is 9.11. The van der Waals surface area contributed by atoms with E-state index in [2.05, 4.69) is 75.6 Å². The number of hydrogen-bond donors (Lipinski definition) is 0. The molecule has 0 radical (unpaired) electrons. The van der Waals surface area contributed by atoms with Crippen molar-refractivity contribution in [3.63, 3.8) is 0 Å². The molecule has 0 aliphatic carbocycles. The van der Waals surface area contributed by atoms with Gasteiger partial charge in [0.1, 0.15) is 0 Å². The van der Waals surface area contributed by atoms with Gasteiger partial charge in [-0.3, -0.25) is 4.90 Å². The molecule has 1 aliphatic rings. The Morgan fingerprint density at radius 1 is 0.815 bits per heavy atom. The Morgan fingerprint density at radius 3 is 2.00 bits per heavy atom. The second-order valence-corrected chi connectivity index (χ2v) is 9.55. The molecular weight excluding hydrogens is 336 g/mol. The summed E-state index contributed by atoms with van der Waals surface area (Å²) in [5, 5.41) is 0. The Morgan fingerprint density at radius 2 is 1.44 bits per heavy atom. The quantitative estimate of drug-likeness (QED) is 0.631. The van der Waals surface area contributed by atoms with E-state index in [0.29, 0.717) is 0 Å². The van der Waals surface area contributed by atoms with E-state index in [9.17, 15) is 0 Å². The van der Waals surface area contributed by atoms with Gasteiger partial charge in [0.25, 0.3) is 0 Å². The van der Waals surface area contributed by atoms with E-state index in [4.69, 9.17) is 9.47 Å². The maximum Gasteiger partial charge on any atom is 0.0598 e. The van der Waals surface area contributed by atoms with E-state index < -0.39 is 0 Å². The van der Waals surface area contributed by atoms with Crippen LogP contribution in [0, 0.1) is 0 Å². The molecule has 4 heteroatoms. The molecule has 0 bridgehead atoms. The lowest BCUT2D eigenvalue weighted by molar-refractivity contribution is -0.0149. The summed E-state index contributed by atoms with van der Waals surface area (Å²) in [5.41, 5.74) is 2.91. The van der Waals surface area contributed by atoms with Crippen LogP contribution in [0.2, 0.25) is 0 Å². The zero-order valence-corrected chi connectivity index (χ0v) is 18.4. The Hall–Kier alpha value is -1.10. The van der Waals surface area contributed by atoms with Crippen molar-refractivity contribution in [1.82, 2.24) is 4.90 Å². The van der Waals surface area contributed by atoms with Gasteiger partial charge in [0, 0.05) is 51.6 Å². The predicted octanol–water partition coefficient (Wildman–Crippen LogP) is 4.33. The van der Waals surface area contributed by atoms with Gasteiger partial charge in [0.15, 0.2) is 0 Å². The number of hydrogen-bond acceptors (Lipinski definition) is 4. The highest BCUT2D eigenvalue weighted by molar-refractivity contribution is 5.49. The van der Waals surface area contributed by atoms with Crippen LogP contribution < -0.4 is 4.90 Å². The van der Waals surface area contributed by atoms with Crippen molar-refractivity contribution in [2.24, 2.45) is 0 Å². The number of rotatable bonds is 8. The summed E-state index contributed by atoms with van der Waals surface area (Å²) < 4.78 is 11.5. The van der Waals surface area contributed by atoms with E-state index in [1.54, 1.807) is 0 Å². The van der Waals surface area contributed by atoms with Gasteiger partial charge in [-0.05, 0) is 50.3 Å². The standard InChI is InChI=1S/C23H40N2O2/c1-22(2,3)20-8-10-21(11-9-20)25-14-12-24(13-15-25)16-19-26-17-7-18-27-23(4,5)6/h8-11H,7,12-19H2,1-6H3. The third-order valence-corrected chi connectivity index (χ3v) is 4.99. The third-order valence-electron chi connectivity index (χ3n) is 4.99. The molecule has 27 heavy (non-hydrogen) atoms. The zero-order chi connectivity index (χ0) is 19.9. The first-order chi connectivity index (χ1) is 12.6. The van der Waals surface area contributed by atoms with Crippen LogP contribution in [0.1, 0.15) is 53.5 Å². The van der Waals surface area contributed by atoms with Crippen LogP contribution in [0.4, 0.5) is 5.69 Å². The Bertz CT molecular complexity index is 535. The SMILES string of the molecule is CC(C)(C)OCCCOCCN1CCN(c2ccc(C(C)(C)C)cc2)CC1. The molecule has 1 aromatic rings. The van der Waals surface area contributed by atoms with Crippen LogP contribution in [-0.2, 0) is 14.9 Å². The maximum absolute atomic E-state index is 5.77. The molecule has 2 rings (SSSR count). The van der Waals surface area contributed by atoms with Gasteiger partial charge in [0.2, 0.25) is 0 Å². The average Bonchev–Trinajstić information content (AvgIpc) is 2.60. The predicted molar refractivity (Wildman–Crippen MR) is 115 cm³/mol. The molecule has 4 nitrogen and oxygen atoms in total. The molecule has 0 spiro atoms. The third kappa shape index (κ3) is 8.20. The highest BCUT2D eigenvalue weighted by Crippen LogP contribution is 2.25. The van der Waals surface area contributed by atoms with Crippen LogP contribution in [0.5, 0.6) is 0 Å². The maximum atomic E-state index is 5.77. The molecule has 1 heterocycles. The first-order valence-corrected chi connectivity index (χ1v) is 10.4. The Labute approximate surface area is 166 Å². The number of ether oxygens (including phenoxy) is 2. The van der Waals surface area contributed by atoms with Crippen molar-refractivity contribution in [3.05, 3.63) is 29.8 Å². The van der Waals surface area contributed by atoms with Crippen LogP contribution in [0.15, 0.2) is 24.3 Å². The van der Waals surface area contributed by atoms with E-state index >= 15 is 0 Å². The number of benzene rings is 1. The summed E-state index contributed by atoms with van der Waals surface area (Å²) in [7, 11) is 0.